The van der Waals surface area contributed by atoms with Crippen LogP contribution in [0.3, 0.4) is 0 Å². The maximum atomic E-state index is 13.1. The number of rotatable bonds is 9. The van der Waals surface area contributed by atoms with Crippen LogP contribution < -0.4 is 15.8 Å². The summed E-state index contributed by atoms with van der Waals surface area (Å²) < 4.78 is 5.79. The number of likely N-dealkylation sites (tertiary alicyclic amines) is 1. The van der Waals surface area contributed by atoms with Gasteiger partial charge in [0.05, 0.1) is 11.5 Å². The zero-order valence-electron chi connectivity index (χ0n) is 21.1. The van der Waals surface area contributed by atoms with Crippen LogP contribution in [0, 0.1) is 0 Å². The van der Waals surface area contributed by atoms with E-state index in [1.807, 2.05) is 54.3 Å². The molecule has 3 N–H and O–H groups in total. The zero-order valence-corrected chi connectivity index (χ0v) is 21.1. The highest BCUT2D eigenvalue weighted by atomic mass is 16.5. The van der Waals surface area contributed by atoms with E-state index in [4.69, 9.17) is 10.5 Å². The Balaban J connectivity index is 1.30. The van der Waals surface area contributed by atoms with Crippen LogP contribution in [0.1, 0.15) is 63.9 Å². The summed E-state index contributed by atoms with van der Waals surface area (Å²) in [6, 6.07) is 23.9. The van der Waals surface area contributed by atoms with Crippen molar-refractivity contribution in [1.82, 2.24) is 10.2 Å². The van der Waals surface area contributed by atoms with E-state index < -0.39 is 5.91 Å². The lowest BCUT2D eigenvalue weighted by Crippen LogP contribution is -2.47. The minimum absolute atomic E-state index is 0.00991. The van der Waals surface area contributed by atoms with Crippen LogP contribution in [0.15, 0.2) is 78.9 Å². The average molecular weight is 500 g/mol. The van der Waals surface area contributed by atoms with Crippen molar-refractivity contribution >= 4 is 17.7 Å². The number of nitrogens with two attached hydrogens (primary N) is 1. The Labute approximate surface area is 217 Å². The van der Waals surface area contributed by atoms with Crippen LogP contribution >= 0.6 is 0 Å². The van der Waals surface area contributed by atoms with Gasteiger partial charge in [-0.3, -0.25) is 14.4 Å². The number of nitrogens with zero attached hydrogens (tertiary/aromatic N) is 1. The number of carbonyl (C=O) groups excluding carboxylic acids is 3. The molecule has 1 fully saturated rings. The van der Waals surface area contributed by atoms with Gasteiger partial charge in [0, 0.05) is 24.7 Å². The van der Waals surface area contributed by atoms with Gasteiger partial charge >= 0.3 is 0 Å². The highest BCUT2D eigenvalue weighted by Crippen LogP contribution is 2.24. The van der Waals surface area contributed by atoms with E-state index in [0.29, 0.717) is 30.0 Å². The minimum Gasteiger partial charge on any atom is -0.488 e. The number of hydrogen-bond donors (Lipinski definition) is 2. The monoisotopic (exact) mass is 499 g/mol. The summed E-state index contributed by atoms with van der Waals surface area (Å²) >= 11 is 0. The van der Waals surface area contributed by atoms with Crippen molar-refractivity contribution in [2.24, 2.45) is 5.73 Å². The number of benzene rings is 3. The molecular weight excluding hydrogens is 466 g/mol. The van der Waals surface area contributed by atoms with Gasteiger partial charge in [0.15, 0.2) is 0 Å². The zero-order chi connectivity index (χ0) is 26.2. The molecule has 1 aliphatic rings. The van der Waals surface area contributed by atoms with Crippen molar-refractivity contribution < 1.29 is 19.1 Å². The van der Waals surface area contributed by atoms with E-state index in [0.717, 1.165) is 30.4 Å². The van der Waals surface area contributed by atoms with Crippen molar-refractivity contribution in [1.29, 1.82) is 0 Å². The second-order valence-electron chi connectivity index (χ2n) is 9.29. The van der Waals surface area contributed by atoms with E-state index in [-0.39, 0.29) is 30.4 Å². The number of hydrogen-bond acceptors (Lipinski definition) is 4. The van der Waals surface area contributed by atoms with E-state index in [1.54, 1.807) is 36.4 Å². The molecule has 1 heterocycles. The standard InChI is InChI=1S/C30H33N3O4/c1-2-25(22-10-4-3-5-11-22)30(36)33-17-15-24(16-18-33)32-29(35)23-12-8-9-21(19-23)20-37-27-14-7-6-13-26(27)28(31)34/h3-14,19,24-25H,2,15-18,20H2,1H3,(H2,31,34)(H,32,35). The van der Waals surface area contributed by atoms with Gasteiger partial charge in [0.1, 0.15) is 12.4 Å². The molecule has 3 aromatic rings. The molecule has 7 heteroatoms. The topological polar surface area (TPSA) is 102 Å². The molecule has 0 spiro atoms. The summed E-state index contributed by atoms with van der Waals surface area (Å²) in [5.41, 5.74) is 8.12. The number of ether oxygens (including phenoxy) is 1. The molecule has 3 amide bonds. The van der Waals surface area contributed by atoms with Crippen molar-refractivity contribution in [3.8, 4) is 5.75 Å². The fraction of sp³-hybridized carbons (Fsp3) is 0.300. The fourth-order valence-electron chi connectivity index (χ4n) is 4.73. The number of carbonyl (C=O) groups is 3. The molecule has 7 nitrogen and oxygen atoms in total. The van der Waals surface area contributed by atoms with Crippen LogP contribution in [0.2, 0.25) is 0 Å². The lowest BCUT2D eigenvalue weighted by molar-refractivity contribution is -0.134. The van der Waals surface area contributed by atoms with Crippen molar-refractivity contribution in [3.63, 3.8) is 0 Å². The van der Waals surface area contributed by atoms with Gasteiger partial charge < -0.3 is 20.7 Å². The summed E-state index contributed by atoms with van der Waals surface area (Å²) in [5, 5.41) is 3.12. The molecule has 37 heavy (non-hydrogen) atoms. The number of primary amides is 1. The SMILES string of the molecule is CCC(C(=O)N1CCC(NC(=O)c2cccc(COc3ccccc3C(N)=O)c2)CC1)c1ccccc1. The summed E-state index contributed by atoms with van der Waals surface area (Å²) in [5.74, 6) is -0.276. The third-order valence-corrected chi connectivity index (χ3v) is 6.79. The van der Waals surface area contributed by atoms with Gasteiger partial charge in [-0.05, 0) is 54.7 Å². The fourth-order valence-corrected chi connectivity index (χ4v) is 4.73. The van der Waals surface area contributed by atoms with Crippen LogP contribution in [-0.2, 0) is 11.4 Å². The highest BCUT2D eigenvalue weighted by molar-refractivity contribution is 5.95. The molecule has 1 atom stereocenters. The Bertz CT molecular complexity index is 1240. The summed E-state index contributed by atoms with van der Waals surface area (Å²) in [4.78, 5) is 39.6. The second kappa shape index (κ2) is 12.2. The van der Waals surface area contributed by atoms with E-state index in [9.17, 15) is 14.4 Å². The maximum absolute atomic E-state index is 13.1. The predicted molar refractivity (Wildman–Crippen MR) is 142 cm³/mol. The molecule has 192 valence electrons. The van der Waals surface area contributed by atoms with Crippen LogP contribution in [0.4, 0.5) is 0 Å². The third-order valence-electron chi connectivity index (χ3n) is 6.79. The third kappa shape index (κ3) is 6.55. The molecule has 1 saturated heterocycles. The Morgan fingerprint density at radius 1 is 0.973 bits per heavy atom. The first-order valence-electron chi connectivity index (χ1n) is 12.7. The Morgan fingerprint density at radius 3 is 2.38 bits per heavy atom. The molecule has 1 unspecified atom stereocenters. The number of para-hydroxylation sites is 1. The molecule has 0 radical (unpaired) electrons. The van der Waals surface area contributed by atoms with Crippen molar-refractivity contribution in [2.45, 2.75) is 44.8 Å². The molecule has 4 rings (SSSR count). The summed E-state index contributed by atoms with van der Waals surface area (Å²) in [6.45, 7) is 3.49. The summed E-state index contributed by atoms with van der Waals surface area (Å²) in [6.07, 6.45) is 2.19. The highest BCUT2D eigenvalue weighted by Gasteiger charge is 2.29. The minimum atomic E-state index is -0.554. The molecule has 0 aliphatic carbocycles. The van der Waals surface area contributed by atoms with Crippen molar-refractivity contribution in [2.75, 3.05) is 13.1 Å². The maximum Gasteiger partial charge on any atom is 0.252 e. The lowest BCUT2D eigenvalue weighted by Gasteiger charge is -2.34. The molecular formula is C30H33N3O4. The van der Waals surface area contributed by atoms with Gasteiger partial charge in [-0.1, -0.05) is 61.5 Å². The average Bonchev–Trinajstić information content (AvgIpc) is 2.93. The first kappa shape index (κ1) is 25.9. The van der Waals surface area contributed by atoms with Gasteiger partial charge in [0.2, 0.25) is 5.91 Å². The Hall–Kier alpha value is -4.13. The molecule has 3 aromatic carbocycles. The summed E-state index contributed by atoms with van der Waals surface area (Å²) in [7, 11) is 0. The van der Waals surface area contributed by atoms with E-state index in [1.165, 1.54) is 0 Å². The Kier molecular flexibility index (Phi) is 8.56. The lowest BCUT2D eigenvalue weighted by atomic mass is 9.93. The van der Waals surface area contributed by atoms with Crippen LogP contribution in [0.5, 0.6) is 5.75 Å². The second-order valence-corrected chi connectivity index (χ2v) is 9.29. The predicted octanol–water partition coefficient (Wildman–Crippen LogP) is 4.28. The van der Waals surface area contributed by atoms with Gasteiger partial charge in [-0.2, -0.15) is 0 Å². The van der Waals surface area contributed by atoms with Crippen molar-refractivity contribution in [3.05, 3.63) is 101 Å². The van der Waals surface area contributed by atoms with Crippen LogP contribution in [0.25, 0.3) is 0 Å². The number of piperidine rings is 1. The smallest absolute Gasteiger partial charge is 0.252 e. The number of amides is 3. The Morgan fingerprint density at radius 2 is 1.68 bits per heavy atom. The molecule has 1 aliphatic heterocycles. The first-order valence-corrected chi connectivity index (χ1v) is 12.7. The van der Waals surface area contributed by atoms with Crippen LogP contribution in [-0.4, -0.2) is 41.8 Å². The molecule has 0 aromatic heterocycles. The largest absolute Gasteiger partial charge is 0.488 e. The van der Waals surface area contributed by atoms with Gasteiger partial charge in [0.25, 0.3) is 11.8 Å². The number of nitrogens with one attached hydrogen (secondary N) is 1. The molecule has 0 saturated carbocycles. The molecule has 0 bridgehead atoms. The quantitative estimate of drug-likeness (QED) is 0.459. The van der Waals surface area contributed by atoms with E-state index >= 15 is 0 Å². The van der Waals surface area contributed by atoms with Gasteiger partial charge in [-0.15, -0.1) is 0 Å². The van der Waals surface area contributed by atoms with E-state index in [2.05, 4.69) is 5.32 Å². The normalized spacial score (nSPS) is 14.6. The first-order chi connectivity index (χ1) is 18.0. The van der Waals surface area contributed by atoms with Gasteiger partial charge in [-0.25, -0.2) is 0 Å².